The fourth-order valence-corrected chi connectivity index (χ4v) is 30.0. The molecule has 0 heterocycles. The van der Waals surface area contributed by atoms with Crippen LogP contribution < -0.4 is 0 Å². The van der Waals surface area contributed by atoms with Crippen molar-refractivity contribution in [3.8, 4) is 0 Å². The molecule has 0 aromatic heterocycles. The van der Waals surface area contributed by atoms with E-state index in [4.69, 9.17) is 33.2 Å². The minimum absolute atomic E-state index is 0.000507. The molecule has 0 aromatic carbocycles. The van der Waals surface area contributed by atoms with Gasteiger partial charge in [-0.2, -0.15) is 26.3 Å². The van der Waals surface area contributed by atoms with Crippen LogP contribution in [-0.4, -0.2) is 103 Å². The van der Waals surface area contributed by atoms with Crippen LogP contribution in [0.4, 0.5) is 26.3 Å². The van der Waals surface area contributed by atoms with Crippen LogP contribution in [0, 0.1) is 140 Å². The van der Waals surface area contributed by atoms with Crippen molar-refractivity contribution in [2.45, 2.75) is 301 Å². The van der Waals surface area contributed by atoms with Crippen molar-refractivity contribution in [2.24, 2.45) is 140 Å². The van der Waals surface area contributed by atoms with E-state index in [-0.39, 0.29) is 71.4 Å². The van der Waals surface area contributed by atoms with Crippen LogP contribution in [0.15, 0.2) is 0 Å². The Morgan fingerprint density at radius 3 is 1.28 bits per heavy atom. The number of hydrogen-bond donors (Lipinski definition) is 0. The van der Waals surface area contributed by atoms with Gasteiger partial charge in [0, 0.05) is 50.5 Å². The number of fused-ring (bicyclic) bond motifs is 5. The van der Waals surface area contributed by atoms with Crippen molar-refractivity contribution in [3.05, 3.63) is 0 Å². The van der Waals surface area contributed by atoms with Crippen molar-refractivity contribution in [2.75, 3.05) is 26.9 Å². The lowest BCUT2D eigenvalue weighted by atomic mass is 9.29. The third-order valence-corrected chi connectivity index (χ3v) is 31.6. The Kier molecular flexibility index (Phi) is 18.2. The van der Waals surface area contributed by atoms with Crippen molar-refractivity contribution in [1.29, 1.82) is 0 Å². The highest BCUT2D eigenvalue weighted by Gasteiger charge is 2.74. The predicted octanol–water partition coefficient (Wildman–Crippen LogP) is 17.2. The third-order valence-electron chi connectivity index (χ3n) is 31.6. The van der Waals surface area contributed by atoms with Gasteiger partial charge in [0.05, 0.1) is 37.3 Å². The fourth-order valence-electron chi connectivity index (χ4n) is 30.0. The average Bonchev–Trinajstić information content (AvgIpc) is 0.754. The van der Waals surface area contributed by atoms with Crippen LogP contribution in [0.1, 0.15) is 260 Å². The summed E-state index contributed by atoms with van der Waals surface area (Å²) in [6.45, 7) is 10.7. The van der Waals surface area contributed by atoms with E-state index < -0.39 is 52.5 Å². The standard InChI is InChI=1S/C30H40F2O4.C27H38F2O4.C22H32F2O5.C2H6/c1-26-6-16-4-19-21-11-29(12-22(19)26,13-23(26)20(21)5-16)25(34)36-30-9-17-3-18(10-30)8-28(7-17,14-30)15-35-24(33)27(2,31)32;1-15-3-20-18-6-19(21(7-18)22(20)4-15)8-23(30)33-27-11-16-5-17(12-27)10-26(9-16,13-27)14-32-24(31)25(2,28)29;1-20(23,24)19(26)28-13-21-8-14-7-15(9-21)11-22(10-14,12-21)29-18(25)16-3-5-17(27-2)6-4-16;1-2/h16-23H,3-15H2,1-2H3;15-22H,3-14H2,1-2H3;14-17H,3-13H2,1-2H3;1-2H3. The maximum atomic E-state index is 14.2. The smallest absolute Gasteiger partial charge is 0.376 e. The van der Waals surface area contributed by atoms with Crippen LogP contribution in [-0.2, 0) is 61.9 Å². The van der Waals surface area contributed by atoms with Crippen molar-refractivity contribution >= 4 is 35.8 Å². The molecule has 16 atom stereocenters. The van der Waals surface area contributed by atoms with Crippen LogP contribution >= 0.6 is 0 Å². The quantitative estimate of drug-likeness (QED) is 0.0767. The summed E-state index contributed by atoms with van der Waals surface area (Å²) in [5.74, 6) is -3.15. The summed E-state index contributed by atoms with van der Waals surface area (Å²) in [5.41, 5.74) is -2.32. The molecule has 0 N–H and O–H groups in total. The van der Waals surface area contributed by atoms with Gasteiger partial charge in [-0.05, 0) is 317 Å². The molecule has 560 valence electrons. The maximum absolute atomic E-state index is 14.2. The SMILES string of the molecule is CC.CC(F)(F)C(=O)OCC12CC3CC(C1)CC(OC(=O)C14CC5C6CC7CC5C(C1)C(C)(C7)C6C4)(C3)C2.CC1CC2C3CC(CC(=O)OC45CC6CC(CC(COC(=O)C(C)(F)F)(C6)C4)C5)C(C3)C2C1.COC1CCC(C(=O)OC23CC4CC(CC(COC(=O)C(C)(F)F)(C4)C2)C3)CC1. The molecule has 0 aromatic rings. The van der Waals surface area contributed by atoms with Gasteiger partial charge in [0.1, 0.15) is 16.8 Å². The minimum atomic E-state index is -3.48. The van der Waals surface area contributed by atoms with E-state index in [0.29, 0.717) is 111 Å². The Labute approximate surface area is 589 Å². The number of ether oxygens (including phenoxy) is 7. The molecule has 100 heavy (non-hydrogen) atoms. The summed E-state index contributed by atoms with van der Waals surface area (Å²) in [4.78, 5) is 75.5. The van der Waals surface area contributed by atoms with Gasteiger partial charge in [-0.1, -0.05) is 27.7 Å². The summed E-state index contributed by atoms with van der Waals surface area (Å²) in [7, 11) is 1.71. The maximum Gasteiger partial charge on any atom is 0.376 e. The van der Waals surface area contributed by atoms with Gasteiger partial charge in [0.15, 0.2) is 0 Å². The van der Waals surface area contributed by atoms with Gasteiger partial charge in [0.25, 0.3) is 0 Å². The number of alkyl halides is 6. The van der Waals surface area contributed by atoms with E-state index in [9.17, 15) is 55.1 Å². The summed E-state index contributed by atoms with van der Waals surface area (Å²) in [6.07, 6.45) is 32.4. The zero-order chi connectivity index (χ0) is 70.9. The summed E-state index contributed by atoms with van der Waals surface area (Å²) in [5, 5.41) is 0. The van der Waals surface area contributed by atoms with Crippen LogP contribution in [0.2, 0.25) is 0 Å². The number of esters is 6. The fraction of sp³-hybridized carbons (Fsp3) is 0.926. The Bertz CT molecular complexity index is 3090. The molecular weight excluding hydrogens is 1290 g/mol. The second kappa shape index (κ2) is 25.3. The highest BCUT2D eigenvalue weighted by atomic mass is 19.3. The molecule has 0 radical (unpaired) electrons. The van der Waals surface area contributed by atoms with Crippen LogP contribution in [0.5, 0.6) is 0 Å². The number of halogens is 6. The number of carbonyl (C=O) groups excluding carboxylic acids is 6. The Morgan fingerprint density at radius 2 is 0.850 bits per heavy atom. The normalized spacial score (nSPS) is 48.8. The first-order valence-electron chi connectivity index (χ1n) is 39.9. The van der Waals surface area contributed by atoms with Crippen molar-refractivity contribution in [1.82, 2.24) is 0 Å². The summed E-state index contributed by atoms with van der Waals surface area (Å²) in [6, 6.07) is 0. The van der Waals surface area contributed by atoms with Gasteiger partial charge < -0.3 is 33.2 Å². The summed E-state index contributed by atoms with van der Waals surface area (Å²) < 4.78 is 120. The monoisotopic (exact) mass is 1410 g/mol. The molecule has 16 unspecified atom stereocenters. The molecule has 0 saturated heterocycles. The van der Waals surface area contributed by atoms with Crippen LogP contribution in [0.3, 0.4) is 0 Å². The van der Waals surface area contributed by atoms with E-state index >= 15 is 0 Å². The highest BCUT2D eigenvalue weighted by molar-refractivity contribution is 5.79. The molecule has 0 aliphatic heterocycles. The second-order valence-corrected chi connectivity index (χ2v) is 39.2. The Balaban J connectivity index is 0.000000121. The van der Waals surface area contributed by atoms with E-state index in [1.807, 2.05) is 13.8 Å². The van der Waals surface area contributed by atoms with Gasteiger partial charge in [-0.25, -0.2) is 14.4 Å². The second-order valence-electron chi connectivity index (χ2n) is 39.2. The lowest BCUT2D eigenvalue weighted by Crippen LogP contribution is -2.71. The van der Waals surface area contributed by atoms with Gasteiger partial charge in [-0.3, -0.25) is 14.4 Å². The van der Waals surface area contributed by atoms with Gasteiger partial charge in [-0.15, -0.1) is 0 Å². The zero-order valence-electron chi connectivity index (χ0n) is 61.1. The van der Waals surface area contributed by atoms with E-state index in [1.165, 1.54) is 44.9 Å². The van der Waals surface area contributed by atoms with Crippen molar-refractivity contribution in [3.63, 3.8) is 0 Å². The average molecular weight is 1410 g/mol. The topological polar surface area (TPSA) is 167 Å². The molecule has 19 heteroatoms. The lowest BCUT2D eigenvalue weighted by Gasteiger charge is -2.76. The first-order valence-corrected chi connectivity index (χ1v) is 39.9. The number of hydrogen-bond acceptors (Lipinski definition) is 13. The van der Waals surface area contributed by atoms with E-state index in [0.717, 1.165) is 189 Å². The first kappa shape index (κ1) is 71.9. The molecular formula is C81H116F6O13. The predicted molar refractivity (Wildman–Crippen MR) is 356 cm³/mol. The number of methoxy groups -OCH3 is 1. The first-order chi connectivity index (χ1) is 47.1. The van der Waals surface area contributed by atoms with Crippen molar-refractivity contribution < 1.29 is 88.3 Å². The molecule has 13 nitrogen and oxygen atoms in total. The lowest BCUT2D eigenvalue weighted by molar-refractivity contribution is -0.281. The molecule has 22 bridgehead atoms. The van der Waals surface area contributed by atoms with Gasteiger partial charge >= 0.3 is 53.6 Å². The number of rotatable bonds is 17. The molecule has 23 saturated carbocycles. The molecule has 0 spiro atoms. The molecule has 23 aliphatic carbocycles. The Morgan fingerprint density at radius 1 is 0.430 bits per heavy atom. The molecule has 0 amide bonds. The largest absolute Gasteiger partial charge is 0.461 e. The minimum Gasteiger partial charge on any atom is -0.461 e. The molecule has 23 aliphatic rings. The van der Waals surface area contributed by atoms with Crippen LogP contribution in [0.25, 0.3) is 0 Å². The molecule has 23 fully saturated rings. The Hall–Kier alpha value is -3.64. The van der Waals surface area contributed by atoms with Gasteiger partial charge in [0.2, 0.25) is 0 Å². The van der Waals surface area contributed by atoms with E-state index in [1.54, 1.807) is 7.11 Å². The molecule has 23 rings (SSSR count). The third kappa shape index (κ3) is 13.0. The zero-order valence-corrected chi connectivity index (χ0v) is 61.1. The number of carbonyl (C=O) groups is 6. The summed E-state index contributed by atoms with van der Waals surface area (Å²) >= 11 is 0. The highest BCUT2D eigenvalue weighted by Crippen LogP contribution is 2.79. The van der Waals surface area contributed by atoms with E-state index in [2.05, 4.69) is 13.8 Å².